The SMILES string of the molecule is Clc1ccc2c(c1CN1CCNCC1)OCO2. The smallest absolute Gasteiger partial charge is 0.231 e. The third kappa shape index (κ3) is 2.20. The molecule has 0 aliphatic carbocycles. The average molecular weight is 255 g/mol. The standard InChI is InChI=1S/C12H15ClN2O2/c13-10-1-2-11-12(17-8-16-11)9(10)7-15-5-3-14-4-6-15/h1-2,14H,3-8H2. The lowest BCUT2D eigenvalue weighted by molar-refractivity contribution is 0.171. The molecule has 0 bridgehead atoms. The van der Waals surface area contributed by atoms with Crippen LogP contribution in [0.25, 0.3) is 0 Å². The maximum absolute atomic E-state index is 6.25. The van der Waals surface area contributed by atoms with Crippen molar-refractivity contribution in [1.29, 1.82) is 0 Å². The lowest BCUT2D eigenvalue weighted by Crippen LogP contribution is -2.42. The first-order valence-electron chi connectivity index (χ1n) is 5.84. The molecular formula is C12H15ClN2O2. The number of fused-ring (bicyclic) bond motifs is 1. The van der Waals surface area contributed by atoms with Crippen LogP contribution in [0.15, 0.2) is 12.1 Å². The Morgan fingerprint density at radius 2 is 2.06 bits per heavy atom. The van der Waals surface area contributed by atoms with Crippen molar-refractivity contribution in [2.45, 2.75) is 6.54 Å². The molecule has 2 aliphatic rings. The molecule has 3 rings (SSSR count). The topological polar surface area (TPSA) is 33.7 Å². The Labute approximate surface area is 105 Å². The van der Waals surface area contributed by atoms with Gasteiger partial charge in [-0.1, -0.05) is 11.6 Å². The van der Waals surface area contributed by atoms with Gasteiger partial charge in [-0.3, -0.25) is 4.90 Å². The van der Waals surface area contributed by atoms with E-state index in [2.05, 4.69) is 10.2 Å². The minimum Gasteiger partial charge on any atom is -0.454 e. The van der Waals surface area contributed by atoms with Crippen LogP contribution in [-0.4, -0.2) is 37.9 Å². The van der Waals surface area contributed by atoms with E-state index < -0.39 is 0 Å². The van der Waals surface area contributed by atoms with Crippen molar-refractivity contribution in [2.75, 3.05) is 33.0 Å². The fourth-order valence-electron chi connectivity index (χ4n) is 2.25. The van der Waals surface area contributed by atoms with Gasteiger partial charge in [-0.15, -0.1) is 0 Å². The Morgan fingerprint density at radius 3 is 2.88 bits per heavy atom. The molecule has 0 atom stereocenters. The van der Waals surface area contributed by atoms with E-state index in [1.54, 1.807) is 0 Å². The summed E-state index contributed by atoms with van der Waals surface area (Å²) in [7, 11) is 0. The first-order chi connectivity index (χ1) is 8.34. The van der Waals surface area contributed by atoms with Gasteiger partial charge >= 0.3 is 0 Å². The van der Waals surface area contributed by atoms with Crippen molar-refractivity contribution < 1.29 is 9.47 Å². The van der Waals surface area contributed by atoms with E-state index in [1.807, 2.05) is 12.1 Å². The summed E-state index contributed by atoms with van der Waals surface area (Å²) in [5.74, 6) is 1.62. The summed E-state index contributed by atoms with van der Waals surface area (Å²) in [4.78, 5) is 2.37. The van der Waals surface area contributed by atoms with Crippen LogP contribution in [0, 0.1) is 0 Å². The molecule has 0 amide bonds. The van der Waals surface area contributed by atoms with Gasteiger partial charge in [0.2, 0.25) is 6.79 Å². The van der Waals surface area contributed by atoms with Crippen LogP contribution < -0.4 is 14.8 Å². The number of hydrogen-bond acceptors (Lipinski definition) is 4. The lowest BCUT2D eigenvalue weighted by atomic mass is 10.1. The van der Waals surface area contributed by atoms with Crippen LogP contribution in [0.1, 0.15) is 5.56 Å². The molecule has 2 aliphatic heterocycles. The van der Waals surface area contributed by atoms with Crippen LogP contribution in [0.3, 0.4) is 0 Å². The summed E-state index contributed by atoms with van der Waals surface area (Å²) >= 11 is 6.25. The Hall–Kier alpha value is -0.970. The van der Waals surface area contributed by atoms with E-state index in [9.17, 15) is 0 Å². The van der Waals surface area contributed by atoms with Crippen LogP contribution in [0.5, 0.6) is 11.5 Å². The molecule has 1 fully saturated rings. The number of nitrogens with zero attached hydrogens (tertiary/aromatic N) is 1. The van der Waals surface area contributed by atoms with E-state index in [0.29, 0.717) is 6.79 Å². The number of nitrogens with one attached hydrogen (secondary N) is 1. The molecule has 0 radical (unpaired) electrons. The third-order valence-electron chi connectivity index (χ3n) is 3.18. The molecule has 0 unspecified atom stereocenters. The molecule has 17 heavy (non-hydrogen) atoms. The van der Waals surface area contributed by atoms with Crippen LogP contribution in [-0.2, 0) is 6.54 Å². The van der Waals surface area contributed by atoms with Gasteiger partial charge in [0, 0.05) is 43.3 Å². The molecule has 1 aromatic rings. The summed E-state index contributed by atoms with van der Waals surface area (Å²) < 4.78 is 10.9. The largest absolute Gasteiger partial charge is 0.454 e. The van der Waals surface area contributed by atoms with Gasteiger partial charge in [-0.25, -0.2) is 0 Å². The van der Waals surface area contributed by atoms with Crippen molar-refractivity contribution in [3.05, 3.63) is 22.7 Å². The van der Waals surface area contributed by atoms with E-state index in [1.165, 1.54) is 0 Å². The predicted molar refractivity (Wildman–Crippen MR) is 65.7 cm³/mol. The van der Waals surface area contributed by atoms with Crippen molar-refractivity contribution in [2.24, 2.45) is 0 Å². The maximum atomic E-state index is 6.25. The van der Waals surface area contributed by atoms with Gasteiger partial charge in [0.05, 0.1) is 0 Å². The highest BCUT2D eigenvalue weighted by atomic mass is 35.5. The van der Waals surface area contributed by atoms with Gasteiger partial charge < -0.3 is 14.8 Å². The summed E-state index contributed by atoms with van der Waals surface area (Å²) in [6, 6.07) is 3.75. The van der Waals surface area contributed by atoms with E-state index in [-0.39, 0.29) is 0 Å². The summed E-state index contributed by atoms with van der Waals surface area (Å²) in [5.41, 5.74) is 1.04. The van der Waals surface area contributed by atoms with E-state index in [0.717, 1.165) is 54.8 Å². The fourth-order valence-corrected chi connectivity index (χ4v) is 2.45. The number of benzene rings is 1. The van der Waals surface area contributed by atoms with Crippen molar-refractivity contribution >= 4 is 11.6 Å². The molecule has 5 heteroatoms. The Kier molecular flexibility index (Phi) is 3.09. The van der Waals surface area contributed by atoms with Crippen molar-refractivity contribution in [1.82, 2.24) is 10.2 Å². The number of halogens is 1. The Balaban J connectivity index is 1.84. The summed E-state index contributed by atoms with van der Waals surface area (Å²) in [6.45, 7) is 5.27. The molecule has 0 spiro atoms. The molecular weight excluding hydrogens is 240 g/mol. The van der Waals surface area contributed by atoms with Crippen LogP contribution in [0.2, 0.25) is 5.02 Å². The minimum absolute atomic E-state index is 0.296. The fraction of sp³-hybridized carbons (Fsp3) is 0.500. The third-order valence-corrected chi connectivity index (χ3v) is 3.53. The molecule has 2 heterocycles. The lowest BCUT2D eigenvalue weighted by Gasteiger charge is -2.27. The quantitative estimate of drug-likeness (QED) is 0.867. The van der Waals surface area contributed by atoms with Crippen LogP contribution in [0.4, 0.5) is 0 Å². The van der Waals surface area contributed by atoms with E-state index in [4.69, 9.17) is 21.1 Å². The highest BCUT2D eigenvalue weighted by Gasteiger charge is 2.22. The summed E-state index contributed by atoms with van der Waals surface area (Å²) in [6.07, 6.45) is 0. The number of piperazine rings is 1. The number of rotatable bonds is 2. The summed E-state index contributed by atoms with van der Waals surface area (Å²) in [5, 5.41) is 4.09. The highest BCUT2D eigenvalue weighted by molar-refractivity contribution is 6.31. The van der Waals surface area contributed by atoms with Crippen LogP contribution >= 0.6 is 11.6 Å². The second kappa shape index (κ2) is 4.72. The van der Waals surface area contributed by atoms with Gasteiger partial charge in [-0.05, 0) is 12.1 Å². The monoisotopic (exact) mass is 254 g/mol. The second-order valence-electron chi connectivity index (χ2n) is 4.29. The molecule has 0 saturated carbocycles. The Bertz CT molecular complexity index is 419. The molecule has 0 aromatic heterocycles. The first kappa shape index (κ1) is 11.1. The zero-order valence-corrected chi connectivity index (χ0v) is 10.3. The molecule has 1 saturated heterocycles. The molecule has 1 aromatic carbocycles. The van der Waals surface area contributed by atoms with Crippen molar-refractivity contribution in [3.8, 4) is 11.5 Å². The minimum atomic E-state index is 0.296. The number of hydrogen-bond donors (Lipinski definition) is 1. The normalized spacial score (nSPS) is 19.6. The Morgan fingerprint density at radius 1 is 1.24 bits per heavy atom. The van der Waals surface area contributed by atoms with Crippen molar-refractivity contribution in [3.63, 3.8) is 0 Å². The highest BCUT2D eigenvalue weighted by Crippen LogP contribution is 2.39. The first-order valence-corrected chi connectivity index (χ1v) is 6.22. The molecule has 4 nitrogen and oxygen atoms in total. The van der Waals surface area contributed by atoms with Gasteiger partial charge in [0.15, 0.2) is 11.5 Å². The van der Waals surface area contributed by atoms with Gasteiger partial charge in [0.1, 0.15) is 0 Å². The van der Waals surface area contributed by atoms with E-state index >= 15 is 0 Å². The predicted octanol–water partition coefficient (Wildman–Crippen LogP) is 1.47. The zero-order chi connectivity index (χ0) is 11.7. The van der Waals surface area contributed by atoms with Gasteiger partial charge in [-0.2, -0.15) is 0 Å². The molecule has 92 valence electrons. The van der Waals surface area contributed by atoms with Gasteiger partial charge in [0.25, 0.3) is 0 Å². The maximum Gasteiger partial charge on any atom is 0.231 e. The average Bonchev–Trinajstić information content (AvgIpc) is 2.83. The zero-order valence-electron chi connectivity index (χ0n) is 9.54. The number of ether oxygens (including phenoxy) is 2. The second-order valence-corrected chi connectivity index (χ2v) is 4.69. The molecule has 1 N–H and O–H groups in total.